The summed E-state index contributed by atoms with van der Waals surface area (Å²) in [5, 5.41) is 0.187. The number of carbonyl (C=O) groups is 2. The van der Waals surface area contributed by atoms with E-state index in [0.29, 0.717) is 16.9 Å². The van der Waals surface area contributed by atoms with Crippen LogP contribution in [0.25, 0.3) is 11.1 Å². The maximum absolute atomic E-state index is 15.5. The fourth-order valence-corrected chi connectivity index (χ4v) is 4.36. The van der Waals surface area contributed by atoms with E-state index in [1.807, 2.05) is 30.3 Å². The molecule has 0 aliphatic carbocycles. The Morgan fingerprint density at radius 1 is 1.09 bits per heavy atom. The number of amides is 2. The van der Waals surface area contributed by atoms with E-state index in [-0.39, 0.29) is 40.5 Å². The monoisotopic (exact) mass is 470 g/mol. The van der Waals surface area contributed by atoms with Gasteiger partial charge in [0, 0.05) is 28.1 Å². The molecule has 3 aromatic rings. The number of ether oxygens (including phenoxy) is 3. The van der Waals surface area contributed by atoms with Crippen molar-refractivity contribution in [2.75, 3.05) is 13.7 Å². The van der Waals surface area contributed by atoms with Gasteiger partial charge in [-0.3, -0.25) is 4.79 Å². The summed E-state index contributed by atoms with van der Waals surface area (Å²) in [6, 6.07) is 15.0. The maximum atomic E-state index is 15.5. The number of nitrogens with two attached hydrogens (primary N) is 2. The fraction of sp³-hybridized carbons (Fsp3) is 0.167. The van der Waals surface area contributed by atoms with Gasteiger partial charge in [-0.05, 0) is 29.8 Å². The Morgan fingerprint density at radius 2 is 1.82 bits per heavy atom. The first kappa shape index (κ1) is 22.4. The number of carbonyl (C=O) groups excluding carboxylic acids is 2. The molecule has 0 aromatic heterocycles. The highest BCUT2D eigenvalue weighted by atomic mass is 35.5. The third kappa shape index (κ3) is 3.93. The van der Waals surface area contributed by atoms with Gasteiger partial charge in [0.05, 0.1) is 12.7 Å². The molecule has 9 heteroatoms. The lowest BCUT2D eigenvalue weighted by Gasteiger charge is -2.28. The van der Waals surface area contributed by atoms with Gasteiger partial charge in [-0.1, -0.05) is 41.9 Å². The van der Waals surface area contributed by atoms with Crippen LogP contribution in [0, 0.1) is 5.82 Å². The van der Waals surface area contributed by atoms with Crippen molar-refractivity contribution < 1.29 is 28.2 Å². The minimum Gasteiger partial charge on any atom is -0.494 e. The summed E-state index contributed by atoms with van der Waals surface area (Å²) in [4.78, 5) is 23.5. The van der Waals surface area contributed by atoms with E-state index in [1.54, 1.807) is 6.07 Å². The molecule has 0 saturated heterocycles. The number of rotatable bonds is 6. The molecule has 1 heterocycles. The molecule has 170 valence electrons. The zero-order valence-electron chi connectivity index (χ0n) is 17.6. The summed E-state index contributed by atoms with van der Waals surface area (Å²) >= 11 is 6.53. The number of hydrogen-bond donors (Lipinski definition) is 2. The van der Waals surface area contributed by atoms with E-state index in [9.17, 15) is 9.59 Å². The van der Waals surface area contributed by atoms with Crippen molar-refractivity contribution in [2.45, 2.75) is 12.0 Å². The highest BCUT2D eigenvalue weighted by Gasteiger charge is 2.44. The molecule has 1 aliphatic heterocycles. The summed E-state index contributed by atoms with van der Waals surface area (Å²) in [5.41, 5.74) is 10.9. The summed E-state index contributed by atoms with van der Waals surface area (Å²) in [6.45, 7) is -0.193. The maximum Gasteiger partial charge on any atom is 0.404 e. The first-order chi connectivity index (χ1) is 15.8. The van der Waals surface area contributed by atoms with E-state index < -0.39 is 23.4 Å². The van der Waals surface area contributed by atoms with Crippen LogP contribution in [0.5, 0.6) is 11.5 Å². The van der Waals surface area contributed by atoms with Crippen molar-refractivity contribution in [3.8, 4) is 22.6 Å². The molecule has 33 heavy (non-hydrogen) atoms. The standard InChI is InChI=1S/C24H20ClFN2O5/c1-31-18-9-7-14(22(27)29)20(21(18)26)19-15-11-24(12-32-23(28)30,13-5-3-2-4-6-13)33-17(15)10-8-16(19)25/h2-10H,11-12H2,1H3,(H2,27,29)(H2,28,30). The lowest BCUT2D eigenvalue weighted by Crippen LogP contribution is -2.38. The second-order valence-corrected chi connectivity index (χ2v) is 7.92. The molecular weight excluding hydrogens is 451 g/mol. The average molecular weight is 471 g/mol. The first-order valence-corrected chi connectivity index (χ1v) is 10.3. The van der Waals surface area contributed by atoms with Gasteiger partial charge in [-0.25, -0.2) is 9.18 Å². The fourth-order valence-electron chi connectivity index (χ4n) is 4.09. The number of benzene rings is 3. The zero-order valence-corrected chi connectivity index (χ0v) is 18.3. The quantitative estimate of drug-likeness (QED) is 0.561. The minimum atomic E-state index is -1.14. The molecule has 4 N–H and O–H groups in total. The third-order valence-electron chi connectivity index (χ3n) is 5.58. The molecule has 3 aromatic carbocycles. The van der Waals surface area contributed by atoms with Gasteiger partial charge >= 0.3 is 6.09 Å². The molecule has 1 atom stereocenters. The second kappa shape index (κ2) is 8.63. The predicted octanol–water partition coefficient (Wildman–Crippen LogP) is 4.18. The van der Waals surface area contributed by atoms with Crippen LogP contribution in [0.15, 0.2) is 54.6 Å². The molecule has 1 unspecified atom stereocenters. The van der Waals surface area contributed by atoms with Gasteiger partial charge in [0.15, 0.2) is 17.2 Å². The molecule has 0 fully saturated rings. The second-order valence-electron chi connectivity index (χ2n) is 7.51. The van der Waals surface area contributed by atoms with Crippen LogP contribution in [0.1, 0.15) is 21.5 Å². The van der Waals surface area contributed by atoms with Crippen LogP contribution < -0.4 is 20.9 Å². The van der Waals surface area contributed by atoms with Gasteiger partial charge in [0.2, 0.25) is 5.91 Å². The summed E-state index contributed by atoms with van der Waals surface area (Å²) in [5.74, 6) is -1.29. The van der Waals surface area contributed by atoms with Crippen molar-refractivity contribution in [2.24, 2.45) is 11.5 Å². The van der Waals surface area contributed by atoms with E-state index in [4.69, 9.17) is 37.3 Å². The van der Waals surface area contributed by atoms with Gasteiger partial charge in [0.1, 0.15) is 12.4 Å². The van der Waals surface area contributed by atoms with Crippen LogP contribution >= 0.6 is 11.6 Å². The third-order valence-corrected chi connectivity index (χ3v) is 5.89. The van der Waals surface area contributed by atoms with E-state index in [0.717, 1.165) is 0 Å². The van der Waals surface area contributed by atoms with Gasteiger partial charge in [0.25, 0.3) is 0 Å². The van der Waals surface area contributed by atoms with Crippen molar-refractivity contribution in [1.29, 1.82) is 0 Å². The molecule has 7 nitrogen and oxygen atoms in total. The van der Waals surface area contributed by atoms with Gasteiger partial charge < -0.3 is 25.7 Å². The number of halogens is 2. The zero-order chi connectivity index (χ0) is 23.8. The average Bonchev–Trinajstić information content (AvgIpc) is 3.18. The highest BCUT2D eigenvalue weighted by molar-refractivity contribution is 6.34. The van der Waals surface area contributed by atoms with Gasteiger partial charge in [-0.15, -0.1) is 0 Å². The van der Waals surface area contributed by atoms with Crippen molar-refractivity contribution >= 4 is 23.6 Å². The summed E-state index contributed by atoms with van der Waals surface area (Å²) in [6.07, 6.45) is -0.803. The van der Waals surface area contributed by atoms with Crippen molar-refractivity contribution in [1.82, 2.24) is 0 Å². The van der Waals surface area contributed by atoms with Crippen molar-refractivity contribution in [3.05, 3.63) is 82.1 Å². The number of methoxy groups -OCH3 is 1. The van der Waals surface area contributed by atoms with Crippen molar-refractivity contribution in [3.63, 3.8) is 0 Å². The van der Waals surface area contributed by atoms with Crippen LogP contribution in [0.4, 0.5) is 9.18 Å². The number of primary amides is 2. The lowest BCUT2D eigenvalue weighted by molar-refractivity contribution is 0.0148. The molecular formula is C24H20ClFN2O5. The van der Waals surface area contributed by atoms with Gasteiger partial charge in [-0.2, -0.15) is 0 Å². The SMILES string of the molecule is COc1ccc(C(N)=O)c(-c2c(Cl)ccc3c2CC(COC(N)=O)(c2ccccc2)O3)c1F. The topological polar surface area (TPSA) is 114 Å². The Balaban J connectivity index is 1.94. The Hall–Kier alpha value is -3.78. The van der Waals surface area contributed by atoms with E-state index >= 15 is 4.39 Å². The van der Waals surface area contributed by atoms with E-state index in [1.165, 1.54) is 25.3 Å². The Morgan fingerprint density at radius 3 is 2.45 bits per heavy atom. The molecule has 0 bridgehead atoms. The first-order valence-electron chi connectivity index (χ1n) is 9.92. The predicted molar refractivity (Wildman–Crippen MR) is 120 cm³/mol. The highest BCUT2D eigenvalue weighted by Crippen LogP contribution is 2.49. The minimum absolute atomic E-state index is 0.0609. The normalized spacial score (nSPS) is 16.6. The molecule has 0 radical (unpaired) electrons. The Bertz CT molecular complexity index is 1250. The smallest absolute Gasteiger partial charge is 0.404 e. The number of hydrogen-bond acceptors (Lipinski definition) is 5. The summed E-state index contributed by atoms with van der Waals surface area (Å²) < 4.78 is 32.0. The molecule has 4 rings (SSSR count). The molecule has 2 amide bonds. The molecule has 0 saturated carbocycles. The number of fused-ring (bicyclic) bond motifs is 1. The van der Waals surface area contributed by atoms with E-state index in [2.05, 4.69) is 0 Å². The lowest BCUT2D eigenvalue weighted by atomic mass is 9.86. The van der Waals surface area contributed by atoms with Crippen LogP contribution in [0.3, 0.4) is 0 Å². The van der Waals surface area contributed by atoms with Crippen LogP contribution in [-0.2, 0) is 16.8 Å². The van der Waals surface area contributed by atoms with Crippen LogP contribution in [0.2, 0.25) is 5.02 Å². The Kier molecular flexibility index (Phi) is 5.86. The molecule has 0 spiro atoms. The van der Waals surface area contributed by atoms with Crippen LogP contribution in [-0.4, -0.2) is 25.7 Å². The Labute approximate surface area is 194 Å². The summed E-state index contributed by atoms with van der Waals surface area (Å²) in [7, 11) is 1.31. The molecule has 1 aliphatic rings. The largest absolute Gasteiger partial charge is 0.494 e.